The summed E-state index contributed by atoms with van der Waals surface area (Å²) in [4.78, 5) is 38.8. The second kappa shape index (κ2) is 8.82. The molecule has 0 radical (unpaired) electrons. The number of anilines is 1. The summed E-state index contributed by atoms with van der Waals surface area (Å²) in [5.74, 6) is -0.215. The van der Waals surface area contributed by atoms with E-state index in [1.54, 1.807) is 24.3 Å². The third-order valence-electron chi connectivity index (χ3n) is 5.69. The van der Waals surface area contributed by atoms with E-state index in [0.29, 0.717) is 42.7 Å². The van der Waals surface area contributed by atoms with E-state index in [2.05, 4.69) is 26.1 Å². The highest BCUT2D eigenvalue weighted by Crippen LogP contribution is 2.24. The van der Waals surface area contributed by atoms with E-state index < -0.39 is 0 Å². The van der Waals surface area contributed by atoms with Crippen LogP contribution in [0.5, 0.6) is 0 Å². The molecule has 158 valence electrons. The van der Waals surface area contributed by atoms with Gasteiger partial charge < -0.3 is 10.2 Å². The van der Waals surface area contributed by atoms with Crippen molar-refractivity contribution in [3.05, 3.63) is 65.2 Å². The van der Waals surface area contributed by atoms with Crippen LogP contribution in [0.3, 0.4) is 0 Å². The normalized spacial score (nSPS) is 15.0. The average molecular weight is 407 g/mol. The van der Waals surface area contributed by atoms with E-state index in [0.717, 1.165) is 0 Å². The van der Waals surface area contributed by atoms with Crippen LogP contribution in [0.25, 0.3) is 0 Å². The van der Waals surface area contributed by atoms with E-state index in [1.165, 1.54) is 12.5 Å². The lowest BCUT2D eigenvalue weighted by atomic mass is 9.86. The highest BCUT2D eigenvalue weighted by molar-refractivity contribution is 5.98. The fourth-order valence-electron chi connectivity index (χ4n) is 3.70. The Labute approximate surface area is 178 Å². The number of nitrogens with one attached hydrogen (secondary N) is 1. The molecule has 1 aliphatic heterocycles. The van der Waals surface area contributed by atoms with E-state index >= 15 is 0 Å². The summed E-state index contributed by atoms with van der Waals surface area (Å²) in [5, 5.41) is 2.91. The van der Waals surface area contributed by atoms with Crippen LogP contribution in [-0.2, 0) is 10.2 Å². The van der Waals surface area contributed by atoms with Crippen molar-refractivity contribution in [2.24, 2.45) is 5.92 Å². The smallest absolute Gasteiger partial charge is 0.253 e. The molecule has 5 nitrogen and oxygen atoms in total. The SMILES string of the molecule is CC(=O)c1cccc(NC(=O)C2CCN(C(=O)c3ccc(C(C)(C)C)cc3)CC2)c1. The van der Waals surface area contributed by atoms with E-state index in [-0.39, 0.29) is 28.9 Å². The fourth-order valence-corrected chi connectivity index (χ4v) is 3.70. The Balaban J connectivity index is 1.56. The number of hydrogen-bond donors (Lipinski definition) is 1. The minimum Gasteiger partial charge on any atom is -0.339 e. The lowest BCUT2D eigenvalue weighted by molar-refractivity contribution is -0.121. The molecular weight excluding hydrogens is 376 g/mol. The first-order valence-corrected chi connectivity index (χ1v) is 10.5. The second-order valence-electron chi connectivity index (χ2n) is 9.02. The molecule has 30 heavy (non-hydrogen) atoms. The zero-order valence-electron chi connectivity index (χ0n) is 18.2. The number of carbonyl (C=O) groups is 3. The fraction of sp³-hybridized carbons (Fsp3) is 0.400. The molecule has 1 N–H and O–H groups in total. The van der Waals surface area contributed by atoms with Crippen LogP contribution in [0, 0.1) is 5.92 Å². The number of likely N-dealkylation sites (tertiary alicyclic amines) is 1. The third kappa shape index (κ3) is 5.15. The van der Waals surface area contributed by atoms with Crippen LogP contribution in [0.15, 0.2) is 48.5 Å². The molecule has 5 heteroatoms. The van der Waals surface area contributed by atoms with Crippen molar-refractivity contribution in [1.29, 1.82) is 0 Å². The van der Waals surface area contributed by atoms with Gasteiger partial charge in [0.25, 0.3) is 5.91 Å². The van der Waals surface area contributed by atoms with E-state index in [1.807, 2.05) is 29.2 Å². The van der Waals surface area contributed by atoms with Gasteiger partial charge in [-0.3, -0.25) is 14.4 Å². The Bertz CT molecular complexity index is 934. The number of benzene rings is 2. The minimum absolute atomic E-state index is 0.0171. The monoisotopic (exact) mass is 406 g/mol. The number of ketones is 1. The number of Topliss-reactive ketones (excluding diaryl/α,β-unsaturated/α-hetero) is 1. The summed E-state index contributed by atoms with van der Waals surface area (Å²) in [6, 6.07) is 14.8. The highest BCUT2D eigenvalue weighted by Gasteiger charge is 2.28. The first kappa shape index (κ1) is 21.8. The molecule has 1 aliphatic rings. The predicted molar refractivity (Wildman–Crippen MR) is 119 cm³/mol. The van der Waals surface area contributed by atoms with E-state index in [4.69, 9.17) is 0 Å². The minimum atomic E-state index is -0.140. The maximum absolute atomic E-state index is 12.8. The topological polar surface area (TPSA) is 66.5 Å². The molecule has 2 amide bonds. The summed E-state index contributed by atoms with van der Waals surface area (Å²) in [7, 11) is 0. The summed E-state index contributed by atoms with van der Waals surface area (Å²) in [5.41, 5.74) is 3.14. The van der Waals surface area contributed by atoms with Gasteiger partial charge in [0, 0.05) is 35.8 Å². The Kier molecular flexibility index (Phi) is 6.40. The van der Waals surface area contributed by atoms with Gasteiger partial charge in [-0.2, -0.15) is 0 Å². The second-order valence-corrected chi connectivity index (χ2v) is 9.02. The number of amides is 2. The molecule has 0 atom stereocenters. The lowest BCUT2D eigenvalue weighted by Gasteiger charge is -2.31. The summed E-state index contributed by atoms with van der Waals surface area (Å²) in [6.45, 7) is 9.07. The van der Waals surface area contributed by atoms with Crippen LogP contribution in [0.4, 0.5) is 5.69 Å². The summed E-state index contributed by atoms with van der Waals surface area (Å²) in [6.07, 6.45) is 1.26. The van der Waals surface area contributed by atoms with Crippen LogP contribution >= 0.6 is 0 Å². The largest absolute Gasteiger partial charge is 0.339 e. The Morgan fingerprint density at radius 1 is 0.933 bits per heavy atom. The molecule has 1 fully saturated rings. The molecule has 0 aromatic heterocycles. The maximum atomic E-state index is 12.8. The van der Waals surface area contributed by atoms with Crippen LogP contribution < -0.4 is 5.32 Å². The van der Waals surface area contributed by atoms with Crippen molar-refractivity contribution >= 4 is 23.3 Å². The molecule has 3 rings (SSSR count). The first-order valence-electron chi connectivity index (χ1n) is 10.5. The molecule has 2 aromatic rings. The summed E-state index contributed by atoms with van der Waals surface area (Å²) < 4.78 is 0. The summed E-state index contributed by atoms with van der Waals surface area (Å²) >= 11 is 0. The van der Waals surface area contributed by atoms with Crippen molar-refractivity contribution < 1.29 is 14.4 Å². The molecule has 2 aromatic carbocycles. The third-order valence-corrected chi connectivity index (χ3v) is 5.69. The van der Waals surface area contributed by atoms with Crippen molar-refractivity contribution in [3.8, 4) is 0 Å². The van der Waals surface area contributed by atoms with Crippen LogP contribution in [0.1, 0.15) is 66.8 Å². The van der Waals surface area contributed by atoms with E-state index in [9.17, 15) is 14.4 Å². The van der Waals surface area contributed by atoms with Gasteiger partial charge in [-0.1, -0.05) is 45.0 Å². The van der Waals surface area contributed by atoms with Crippen molar-refractivity contribution in [2.45, 2.75) is 46.0 Å². The maximum Gasteiger partial charge on any atom is 0.253 e. The number of rotatable bonds is 4. The van der Waals surface area contributed by atoms with Gasteiger partial charge in [-0.25, -0.2) is 0 Å². The number of nitrogens with zero attached hydrogens (tertiary/aromatic N) is 1. The molecule has 0 spiro atoms. The van der Waals surface area contributed by atoms with Gasteiger partial charge in [0.05, 0.1) is 0 Å². The zero-order chi connectivity index (χ0) is 21.9. The van der Waals surface area contributed by atoms with Gasteiger partial charge >= 0.3 is 0 Å². The quantitative estimate of drug-likeness (QED) is 0.750. The number of carbonyl (C=O) groups excluding carboxylic acids is 3. The van der Waals surface area contributed by atoms with Crippen LogP contribution in [-0.4, -0.2) is 35.6 Å². The molecule has 1 heterocycles. The van der Waals surface area contributed by atoms with Gasteiger partial charge in [-0.05, 0) is 55.0 Å². The van der Waals surface area contributed by atoms with Crippen molar-refractivity contribution in [3.63, 3.8) is 0 Å². The average Bonchev–Trinajstić information content (AvgIpc) is 2.73. The van der Waals surface area contributed by atoms with Gasteiger partial charge in [-0.15, -0.1) is 0 Å². The van der Waals surface area contributed by atoms with Crippen molar-refractivity contribution in [1.82, 2.24) is 4.90 Å². The van der Waals surface area contributed by atoms with Gasteiger partial charge in [0.15, 0.2) is 5.78 Å². The number of hydrogen-bond acceptors (Lipinski definition) is 3. The van der Waals surface area contributed by atoms with Gasteiger partial charge in [0.2, 0.25) is 5.91 Å². The standard InChI is InChI=1S/C25H30N2O3/c1-17(28)20-6-5-7-22(16-20)26-23(29)18-12-14-27(15-13-18)24(30)19-8-10-21(11-9-19)25(2,3)4/h5-11,16,18H,12-15H2,1-4H3,(H,26,29). The first-order chi connectivity index (χ1) is 14.1. The highest BCUT2D eigenvalue weighted by atomic mass is 16.2. The molecule has 1 saturated heterocycles. The predicted octanol–water partition coefficient (Wildman–Crippen LogP) is 4.68. The Morgan fingerprint density at radius 3 is 2.13 bits per heavy atom. The zero-order valence-corrected chi connectivity index (χ0v) is 18.2. The Hall–Kier alpha value is -2.95. The number of piperidine rings is 1. The lowest BCUT2D eigenvalue weighted by Crippen LogP contribution is -2.41. The molecule has 0 unspecified atom stereocenters. The molecule has 0 saturated carbocycles. The molecular formula is C25H30N2O3. The van der Waals surface area contributed by atoms with Gasteiger partial charge in [0.1, 0.15) is 0 Å². The van der Waals surface area contributed by atoms with Crippen molar-refractivity contribution in [2.75, 3.05) is 18.4 Å². The van der Waals surface area contributed by atoms with Crippen LogP contribution in [0.2, 0.25) is 0 Å². The molecule has 0 bridgehead atoms. The molecule has 0 aliphatic carbocycles. The Morgan fingerprint density at radius 2 is 1.57 bits per heavy atom.